The number of carbonyl (C=O) groups excluding carboxylic acids is 3. The van der Waals surface area contributed by atoms with Gasteiger partial charge in [0.25, 0.3) is 0 Å². The van der Waals surface area contributed by atoms with Crippen LogP contribution in [0.5, 0.6) is 0 Å². The molecule has 0 radical (unpaired) electrons. The Morgan fingerprint density at radius 1 is 0.375 bits per heavy atom. The molecule has 0 aromatic heterocycles. The van der Waals surface area contributed by atoms with Crippen molar-refractivity contribution in [2.75, 3.05) is 13.2 Å². The maximum Gasteiger partial charge on any atom is 0.306 e. The van der Waals surface area contributed by atoms with Crippen molar-refractivity contribution in [1.29, 1.82) is 0 Å². The van der Waals surface area contributed by atoms with Gasteiger partial charge in [-0.05, 0) is 31.1 Å². The number of esters is 3. The zero-order valence-corrected chi connectivity index (χ0v) is 38.3. The van der Waals surface area contributed by atoms with Gasteiger partial charge in [-0.1, -0.05) is 234 Å². The normalized spacial score (nSPS) is 12.5. The second-order valence-electron chi connectivity index (χ2n) is 17.8. The predicted octanol–water partition coefficient (Wildman–Crippen LogP) is 15.8. The van der Waals surface area contributed by atoms with E-state index in [0.29, 0.717) is 19.3 Å². The Morgan fingerprint density at radius 3 is 1.02 bits per heavy atom. The quantitative estimate of drug-likeness (QED) is 0.0347. The highest BCUT2D eigenvalue weighted by molar-refractivity contribution is 5.71. The average molecular weight is 793 g/mol. The van der Waals surface area contributed by atoms with E-state index < -0.39 is 6.10 Å². The highest BCUT2D eigenvalue weighted by Crippen LogP contribution is 2.17. The van der Waals surface area contributed by atoms with Crippen LogP contribution in [0.25, 0.3) is 0 Å². The van der Waals surface area contributed by atoms with Gasteiger partial charge in [-0.2, -0.15) is 0 Å². The van der Waals surface area contributed by atoms with Gasteiger partial charge in [0.1, 0.15) is 13.2 Å². The molecule has 0 bridgehead atoms. The van der Waals surface area contributed by atoms with Crippen LogP contribution in [-0.4, -0.2) is 37.2 Å². The molecule has 0 aliphatic rings. The molecule has 2 atom stereocenters. The first-order valence-corrected chi connectivity index (χ1v) is 24.8. The van der Waals surface area contributed by atoms with Crippen LogP contribution in [0.15, 0.2) is 0 Å². The second-order valence-corrected chi connectivity index (χ2v) is 17.8. The van der Waals surface area contributed by atoms with Crippen molar-refractivity contribution < 1.29 is 28.6 Å². The minimum atomic E-state index is -0.760. The molecule has 0 rings (SSSR count). The van der Waals surface area contributed by atoms with Crippen molar-refractivity contribution in [3.05, 3.63) is 0 Å². The maximum absolute atomic E-state index is 12.7. The van der Waals surface area contributed by atoms with E-state index in [9.17, 15) is 14.4 Å². The SMILES string of the molecule is CCCCCCCCCCCC(=O)O[C@H](COC(=O)CCCCCCCCCCCCCCCCCCC(C)C)COC(=O)CCCCCCCCC(C)CC. The Kier molecular flexibility index (Phi) is 41.8. The summed E-state index contributed by atoms with van der Waals surface area (Å²) in [6.07, 6.45) is 42.4. The van der Waals surface area contributed by atoms with Crippen LogP contribution < -0.4 is 0 Å². The molecule has 0 saturated carbocycles. The summed E-state index contributed by atoms with van der Waals surface area (Å²) in [6.45, 7) is 11.3. The number of hydrogen-bond donors (Lipinski definition) is 0. The van der Waals surface area contributed by atoms with Crippen LogP contribution in [-0.2, 0) is 28.6 Å². The Hall–Kier alpha value is -1.59. The fraction of sp³-hybridized carbons (Fsp3) is 0.940. The number of hydrogen-bond acceptors (Lipinski definition) is 6. The van der Waals surface area contributed by atoms with Crippen LogP contribution in [0.2, 0.25) is 0 Å². The fourth-order valence-electron chi connectivity index (χ4n) is 7.43. The van der Waals surface area contributed by atoms with Crippen molar-refractivity contribution in [1.82, 2.24) is 0 Å². The zero-order valence-electron chi connectivity index (χ0n) is 38.3. The van der Waals surface area contributed by atoms with Gasteiger partial charge in [0.2, 0.25) is 0 Å². The van der Waals surface area contributed by atoms with Crippen molar-refractivity contribution in [2.24, 2.45) is 11.8 Å². The van der Waals surface area contributed by atoms with Crippen molar-refractivity contribution >= 4 is 17.9 Å². The van der Waals surface area contributed by atoms with E-state index in [-0.39, 0.29) is 31.1 Å². The number of carbonyl (C=O) groups is 3. The highest BCUT2D eigenvalue weighted by atomic mass is 16.6. The van der Waals surface area contributed by atoms with Gasteiger partial charge in [0.05, 0.1) is 0 Å². The topological polar surface area (TPSA) is 78.9 Å². The lowest BCUT2D eigenvalue weighted by Gasteiger charge is -2.18. The average Bonchev–Trinajstić information content (AvgIpc) is 3.18. The van der Waals surface area contributed by atoms with Crippen molar-refractivity contribution in [3.8, 4) is 0 Å². The summed E-state index contributed by atoms with van der Waals surface area (Å²) in [5.41, 5.74) is 0. The smallest absolute Gasteiger partial charge is 0.306 e. The van der Waals surface area contributed by atoms with Gasteiger partial charge in [-0.25, -0.2) is 0 Å². The van der Waals surface area contributed by atoms with E-state index in [2.05, 4.69) is 34.6 Å². The molecule has 0 heterocycles. The first-order valence-electron chi connectivity index (χ1n) is 24.8. The first-order chi connectivity index (χ1) is 27.3. The second kappa shape index (κ2) is 43.0. The van der Waals surface area contributed by atoms with Crippen LogP contribution in [0, 0.1) is 11.8 Å². The lowest BCUT2D eigenvalue weighted by molar-refractivity contribution is -0.167. The van der Waals surface area contributed by atoms with Crippen LogP contribution in [0.3, 0.4) is 0 Å². The molecule has 0 aliphatic heterocycles. The molecule has 0 spiro atoms. The largest absolute Gasteiger partial charge is 0.462 e. The summed E-state index contributed by atoms with van der Waals surface area (Å²) in [4.78, 5) is 37.7. The monoisotopic (exact) mass is 793 g/mol. The molecule has 6 heteroatoms. The summed E-state index contributed by atoms with van der Waals surface area (Å²) in [5, 5.41) is 0. The van der Waals surface area contributed by atoms with Crippen LogP contribution in [0.1, 0.15) is 272 Å². The Balaban J connectivity index is 4.20. The predicted molar refractivity (Wildman–Crippen MR) is 238 cm³/mol. The number of unbranched alkanes of at least 4 members (excludes halogenated alkanes) is 28. The molecular weight excluding hydrogens is 697 g/mol. The van der Waals surface area contributed by atoms with E-state index in [1.807, 2.05) is 0 Å². The lowest BCUT2D eigenvalue weighted by atomic mass is 10.00. The molecule has 56 heavy (non-hydrogen) atoms. The molecule has 1 unspecified atom stereocenters. The van der Waals surface area contributed by atoms with Gasteiger partial charge >= 0.3 is 17.9 Å². The third-order valence-electron chi connectivity index (χ3n) is 11.6. The van der Waals surface area contributed by atoms with E-state index in [4.69, 9.17) is 14.2 Å². The molecule has 0 amide bonds. The molecule has 0 aromatic carbocycles. The van der Waals surface area contributed by atoms with E-state index in [0.717, 1.165) is 69.6 Å². The molecular formula is C50H96O6. The van der Waals surface area contributed by atoms with Gasteiger partial charge in [-0.15, -0.1) is 0 Å². The Morgan fingerprint density at radius 2 is 0.679 bits per heavy atom. The first kappa shape index (κ1) is 54.4. The zero-order chi connectivity index (χ0) is 41.2. The fourth-order valence-corrected chi connectivity index (χ4v) is 7.43. The molecule has 0 aliphatic carbocycles. The van der Waals surface area contributed by atoms with Crippen LogP contribution >= 0.6 is 0 Å². The molecule has 0 saturated heterocycles. The van der Waals surface area contributed by atoms with Crippen molar-refractivity contribution in [3.63, 3.8) is 0 Å². The molecule has 0 N–H and O–H groups in total. The van der Waals surface area contributed by atoms with Gasteiger partial charge in [-0.3, -0.25) is 14.4 Å². The van der Waals surface area contributed by atoms with E-state index in [1.54, 1.807) is 0 Å². The summed E-state index contributed by atoms with van der Waals surface area (Å²) in [6, 6.07) is 0. The third-order valence-corrected chi connectivity index (χ3v) is 11.6. The molecule has 0 fully saturated rings. The number of ether oxygens (including phenoxy) is 3. The lowest BCUT2D eigenvalue weighted by Crippen LogP contribution is -2.30. The Bertz CT molecular complexity index is 856. The molecule has 0 aromatic rings. The number of rotatable bonds is 44. The highest BCUT2D eigenvalue weighted by Gasteiger charge is 2.19. The maximum atomic E-state index is 12.7. The molecule has 332 valence electrons. The van der Waals surface area contributed by atoms with Crippen LogP contribution in [0.4, 0.5) is 0 Å². The van der Waals surface area contributed by atoms with Gasteiger partial charge < -0.3 is 14.2 Å². The molecule has 6 nitrogen and oxygen atoms in total. The summed E-state index contributed by atoms with van der Waals surface area (Å²) < 4.78 is 16.7. The van der Waals surface area contributed by atoms with Gasteiger partial charge in [0.15, 0.2) is 6.10 Å². The minimum absolute atomic E-state index is 0.0648. The van der Waals surface area contributed by atoms with Crippen molar-refractivity contribution in [2.45, 2.75) is 278 Å². The Labute approximate surface area is 348 Å². The minimum Gasteiger partial charge on any atom is -0.462 e. The third kappa shape index (κ3) is 42.0. The van der Waals surface area contributed by atoms with E-state index >= 15 is 0 Å². The summed E-state index contributed by atoms with van der Waals surface area (Å²) in [7, 11) is 0. The van der Waals surface area contributed by atoms with E-state index in [1.165, 1.54) is 161 Å². The summed E-state index contributed by atoms with van der Waals surface area (Å²) >= 11 is 0. The summed E-state index contributed by atoms with van der Waals surface area (Å²) in [5.74, 6) is 0.810. The van der Waals surface area contributed by atoms with Gasteiger partial charge in [0, 0.05) is 19.3 Å². The standard InChI is InChI=1S/C50H96O6/c1-6-8-9-10-11-20-25-32-37-42-50(53)56-47(44-55-49(52)41-36-31-27-26-29-34-39-46(5)7-2)43-54-48(51)40-35-30-24-22-19-17-15-13-12-14-16-18-21-23-28-33-38-45(3)4/h45-47H,6-44H2,1-5H3/t46?,47-/m1/s1.